The van der Waals surface area contributed by atoms with E-state index in [-0.39, 0.29) is 78.4 Å². The summed E-state index contributed by atoms with van der Waals surface area (Å²) < 4.78 is 85.2. The number of carbonyl (C=O) groups is 4. The Morgan fingerprint density at radius 2 is 1.39 bits per heavy atom. The van der Waals surface area contributed by atoms with Crippen LogP contribution >= 0.6 is 0 Å². The molecule has 2 saturated heterocycles. The topological polar surface area (TPSA) is 227 Å². The lowest BCUT2D eigenvalue weighted by molar-refractivity contribution is -0.137. The Morgan fingerprint density at radius 1 is 0.792 bits per heavy atom. The second-order valence-corrected chi connectivity index (χ2v) is 19.4. The molecule has 0 bridgehead atoms. The van der Waals surface area contributed by atoms with Gasteiger partial charge in [0.1, 0.15) is 18.2 Å². The normalized spacial score (nSPS) is 21.0. The molecule has 3 aliphatic rings. The van der Waals surface area contributed by atoms with E-state index in [1.165, 1.54) is 12.4 Å². The van der Waals surface area contributed by atoms with Gasteiger partial charge in [-0.25, -0.2) is 9.97 Å². The monoisotopic (exact) mass is 1090 g/mol. The fourth-order valence-electron chi connectivity index (χ4n) is 9.70. The molecule has 1 saturated carbocycles. The molecule has 21 nitrogen and oxygen atoms in total. The number of alkyl halides is 3. The first-order valence-corrected chi connectivity index (χ1v) is 26.7. The lowest BCUT2D eigenvalue weighted by Crippen LogP contribution is -2.58. The average molecular weight is 1090 g/mol. The number of carbonyl (C=O) groups excluding carboxylic acids is 4. The highest BCUT2D eigenvalue weighted by molar-refractivity contribution is 5.93. The van der Waals surface area contributed by atoms with Crippen molar-refractivity contribution in [3.8, 4) is 0 Å². The first-order chi connectivity index (χ1) is 37.2. The van der Waals surface area contributed by atoms with Crippen LogP contribution in [0.5, 0.6) is 0 Å². The summed E-state index contributed by atoms with van der Waals surface area (Å²) >= 11 is 0. The molecule has 6 rings (SSSR count). The van der Waals surface area contributed by atoms with Crippen LogP contribution < -0.4 is 16.0 Å². The Morgan fingerprint density at radius 3 is 1.96 bits per heavy atom. The van der Waals surface area contributed by atoms with Crippen LogP contribution in [0.1, 0.15) is 69.5 Å². The van der Waals surface area contributed by atoms with E-state index in [4.69, 9.17) is 37.9 Å². The summed E-state index contributed by atoms with van der Waals surface area (Å²) in [7, 11) is 3.78. The molecule has 77 heavy (non-hydrogen) atoms. The van der Waals surface area contributed by atoms with Crippen LogP contribution in [0.15, 0.2) is 49.1 Å². The van der Waals surface area contributed by atoms with Gasteiger partial charge in [0.05, 0.1) is 141 Å². The second-order valence-electron chi connectivity index (χ2n) is 19.4. The molecule has 24 heteroatoms. The van der Waals surface area contributed by atoms with E-state index in [0.29, 0.717) is 143 Å². The molecule has 2 unspecified atom stereocenters. The van der Waals surface area contributed by atoms with Gasteiger partial charge in [0.2, 0.25) is 23.6 Å². The van der Waals surface area contributed by atoms with Crippen molar-refractivity contribution in [2.75, 3.05) is 138 Å². The van der Waals surface area contributed by atoms with Crippen molar-refractivity contribution in [2.24, 2.45) is 5.92 Å². The van der Waals surface area contributed by atoms with Gasteiger partial charge >= 0.3 is 6.18 Å². The van der Waals surface area contributed by atoms with E-state index in [1.807, 2.05) is 6.07 Å². The van der Waals surface area contributed by atoms with Crippen LogP contribution in [0.4, 0.5) is 19.0 Å². The molecular formula is C53H78F3N9O12. The maximum Gasteiger partial charge on any atom is 0.416 e. The van der Waals surface area contributed by atoms with Crippen molar-refractivity contribution >= 4 is 40.3 Å². The SMILES string of the molecule is CC(C)N(C)[C@@H]1CCC(N2CC[C@H](Nc3ncnc4ccc(C(F)(F)F)cc34)C2=O)[C@H](NC(=O)CCOCCOCCOCCOCCOCCOCCOCCOCCNC(=O)[C@H]2CC(=O)N(C)C2c2cccnc2)C1. The number of fused-ring (bicyclic) bond motifs is 1. The number of rotatable bonds is 35. The van der Waals surface area contributed by atoms with Crippen molar-refractivity contribution < 1.29 is 70.2 Å². The number of hydrogen-bond donors (Lipinski definition) is 3. The number of aromatic nitrogens is 3. The first-order valence-electron chi connectivity index (χ1n) is 26.7. The minimum Gasteiger partial charge on any atom is -0.379 e. The zero-order valence-electron chi connectivity index (χ0n) is 44.8. The standard InChI is InChI=1S/C53H78F3N9O12/c1-37(2)63(3)40-8-10-46(65-15-11-44(52(65)69)62-50-41-32-39(53(54,55)56)7-9-43(41)59-36-60-50)45(33-40)61-47(66)12-16-70-18-20-72-22-24-74-26-28-76-30-31-77-29-27-75-25-23-73-21-19-71-17-14-58-51(68)42-34-48(67)64(4)49(42)38-6-5-13-57-35-38/h5-7,9,13,32,35-37,40,42,44-46,49H,8,10-12,14-31,33-34H2,1-4H3,(H,58,68)(H,61,66)(H,59,60,62)/t40-,42+,44+,45-,46?,49?/m1/s1. The van der Waals surface area contributed by atoms with Crippen LogP contribution in [0, 0.1) is 5.92 Å². The molecule has 4 heterocycles. The maximum atomic E-state index is 13.9. The zero-order chi connectivity index (χ0) is 55.0. The van der Waals surface area contributed by atoms with Crippen molar-refractivity contribution in [3.63, 3.8) is 0 Å². The molecule has 428 valence electrons. The number of benzene rings is 1. The van der Waals surface area contributed by atoms with E-state index < -0.39 is 23.7 Å². The van der Waals surface area contributed by atoms with Gasteiger partial charge in [-0.2, -0.15) is 13.2 Å². The molecule has 1 aromatic carbocycles. The number of anilines is 1. The average Bonchev–Trinajstić information content (AvgIpc) is 3.97. The third kappa shape index (κ3) is 19.3. The largest absolute Gasteiger partial charge is 0.416 e. The molecule has 4 amide bonds. The highest BCUT2D eigenvalue weighted by Gasteiger charge is 2.44. The number of hydrogen-bond acceptors (Lipinski definition) is 17. The Balaban J connectivity index is 0.720. The molecule has 1 aliphatic carbocycles. The van der Waals surface area contributed by atoms with Gasteiger partial charge in [0.15, 0.2) is 0 Å². The van der Waals surface area contributed by atoms with E-state index >= 15 is 0 Å². The summed E-state index contributed by atoms with van der Waals surface area (Å²) in [5, 5.41) is 9.36. The predicted octanol–water partition coefficient (Wildman–Crippen LogP) is 3.66. The molecule has 0 radical (unpaired) electrons. The maximum absolute atomic E-state index is 13.9. The number of halogens is 3. The fourth-order valence-corrected chi connectivity index (χ4v) is 9.70. The minimum atomic E-state index is -4.55. The van der Waals surface area contributed by atoms with E-state index in [0.717, 1.165) is 24.1 Å². The van der Waals surface area contributed by atoms with Gasteiger partial charge in [-0.15, -0.1) is 0 Å². The summed E-state index contributed by atoms with van der Waals surface area (Å²) in [6, 6.07) is 5.84. The van der Waals surface area contributed by atoms with Crippen LogP contribution in [0.25, 0.3) is 10.9 Å². The highest BCUT2D eigenvalue weighted by atomic mass is 19.4. The Labute approximate surface area is 448 Å². The summed E-state index contributed by atoms with van der Waals surface area (Å²) in [6.45, 7) is 11.0. The molecule has 3 N–H and O–H groups in total. The lowest BCUT2D eigenvalue weighted by Gasteiger charge is -2.44. The van der Waals surface area contributed by atoms with Crippen molar-refractivity contribution in [3.05, 3.63) is 60.2 Å². The Hall–Kier alpha value is -5.18. The summed E-state index contributed by atoms with van der Waals surface area (Å²) in [5.74, 6) is -0.939. The highest BCUT2D eigenvalue weighted by Crippen LogP contribution is 2.37. The number of likely N-dealkylation sites (tertiary alicyclic amines) is 2. The third-order valence-electron chi connectivity index (χ3n) is 14.0. The third-order valence-corrected chi connectivity index (χ3v) is 14.0. The lowest BCUT2D eigenvalue weighted by atomic mass is 9.84. The molecule has 6 atom stereocenters. The Bertz CT molecular complexity index is 2270. The first kappa shape index (κ1) is 61.0. The number of nitrogens with zero attached hydrogens (tertiary/aromatic N) is 6. The van der Waals surface area contributed by atoms with E-state index in [1.54, 1.807) is 35.3 Å². The van der Waals surface area contributed by atoms with Gasteiger partial charge in [0.25, 0.3) is 0 Å². The Kier molecular flexibility index (Phi) is 25.4. The number of ether oxygens (including phenoxy) is 8. The van der Waals surface area contributed by atoms with Crippen LogP contribution in [-0.2, 0) is 63.2 Å². The van der Waals surface area contributed by atoms with Crippen molar-refractivity contribution in [1.82, 2.24) is 40.3 Å². The van der Waals surface area contributed by atoms with Gasteiger partial charge in [-0.1, -0.05) is 6.07 Å². The minimum absolute atomic E-state index is 0.0724. The predicted molar refractivity (Wildman–Crippen MR) is 277 cm³/mol. The van der Waals surface area contributed by atoms with E-state index in [9.17, 15) is 32.3 Å². The summed E-state index contributed by atoms with van der Waals surface area (Å²) in [6.07, 6.45) is 2.97. The van der Waals surface area contributed by atoms with Crippen molar-refractivity contribution in [1.29, 1.82) is 0 Å². The van der Waals surface area contributed by atoms with E-state index in [2.05, 4.69) is 56.7 Å². The molecular weight excluding hydrogens is 1010 g/mol. The zero-order valence-corrected chi connectivity index (χ0v) is 44.8. The molecule has 2 aliphatic heterocycles. The smallest absolute Gasteiger partial charge is 0.379 e. The molecule has 0 spiro atoms. The van der Waals surface area contributed by atoms with Crippen LogP contribution in [0.2, 0.25) is 0 Å². The van der Waals surface area contributed by atoms with Crippen LogP contribution in [0.3, 0.4) is 0 Å². The fraction of sp³-hybridized carbons (Fsp3) is 0.679. The molecule has 3 fully saturated rings. The quantitative estimate of drug-likeness (QED) is 0.0715. The summed E-state index contributed by atoms with van der Waals surface area (Å²) in [5.41, 5.74) is 0.338. The van der Waals surface area contributed by atoms with Gasteiger partial charge < -0.3 is 68.5 Å². The van der Waals surface area contributed by atoms with Gasteiger partial charge in [-0.05, 0) is 76.4 Å². The summed E-state index contributed by atoms with van der Waals surface area (Å²) in [4.78, 5) is 70.5. The van der Waals surface area contributed by atoms with Gasteiger partial charge in [0, 0.05) is 62.8 Å². The van der Waals surface area contributed by atoms with Gasteiger partial charge in [-0.3, -0.25) is 24.2 Å². The number of nitrogens with one attached hydrogen (secondary N) is 3. The molecule has 3 aromatic rings. The van der Waals surface area contributed by atoms with Crippen molar-refractivity contribution in [2.45, 2.75) is 94.8 Å². The van der Waals surface area contributed by atoms with Crippen LogP contribution in [-0.4, -0.2) is 216 Å². The molecule has 2 aromatic heterocycles. The second kappa shape index (κ2) is 32.0. The number of pyridine rings is 1. The number of amides is 4.